The number of hydrogen-bond acceptors (Lipinski definition) is 4. The van der Waals surface area contributed by atoms with Gasteiger partial charge in [-0.3, -0.25) is 0 Å². The average Bonchev–Trinajstić information content (AvgIpc) is 2.95. The van der Waals surface area contributed by atoms with Crippen molar-refractivity contribution >= 4 is 8.07 Å². The largest absolute Gasteiger partial charge is 0.494 e. The highest BCUT2D eigenvalue weighted by molar-refractivity contribution is 6.77. The molecule has 0 amide bonds. The smallest absolute Gasteiger partial charge is 0.159 e. The minimum atomic E-state index is -0.982. The van der Waals surface area contributed by atoms with E-state index in [4.69, 9.17) is 9.47 Å². The maximum Gasteiger partial charge on any atom is 0.159 e. The molecule has 5 heteroatoms. The molecule has 0 aliphatic carbocycles. The third-order valence-electron chi connectivity index (χ3n) is 7.73. The summed E-state index contributed by atoms with van der Waals surface area (Å²) in [5.41, 5.74) is 0.998. The molecule has 4 nitrogen and oxygen atoms in total. The molecule has 2 rings (SSSR count). The van der Waals surface area contributed by atoms with Crippen LogP contribution in [0, 0.1) is 0 Å². The molecule has 0 fully saturated rings. The molecule has 220 valence electrons. The van der Waals surface area contributed by atoms with Gasteiger partial charge < -0.3 is 9.47 Å². The summed E-state index contributed by atoms with van der Waals surface area (Å²) in [7, 11) is -0.982. The third-order valence-corrected chi connectivity index (χ3v) is 11.1. The number of rotatable bonds is 24. The normalized spacial score (nSPS) is 11.6. The summed E-state index contributed by atoms with van der Waals surface area (Å²) in [6, 6.07) is 11.1. The molecule has 0 spiro atoms. The molecule has 0 bridgehead atoms. The topological polar surface area (TPSA) is 44.2 Å². The third kappa shape index (κ3) is 16.1. The van der Waals surface area contributed by atoms with Crippen molar-refractivity contribution in [1.29, 1.82) is 0 Å². The van der Waals surface area contributed by atoms with Crippen LogP contribution in [0.1, 0.15) is 117 Å². The lowest BCUT2D eigenvalue weighted by atomic mass is 10.1. The highest BCUT2D eigenvalue weighted by Gasteiger charge is 2.18. The van der Waals surface area contributed by atoms with Gasteiger partial charge in [-0.25, -0.2) is 9.97 Å². The molecule has 2 aromatic rings. The van der Waals surface area contributed by atoms with Gasteiger partial charge in [-0.15, -0.1) is 0 Å². The molecule has 0 aliphatic heterocycles. The van der Waals surface area contributed by atoms with Crippen LogP contribution in [0.4, 0.5) is 0 Å². The molecule has 0 radical (unpaired) electrons. The van der Waals surface area contributed by atoms with Gasteiger partial charge in [0.25, 0.3) is 0 Å². The summed E-state index contributed by atoms with van der Waals surface area (Å²) < 4.78 is 11.8. The Kier molecular flexibility index (Phi) is 17.9. The van der Waals surface area contributed by atoms with Crippen LogP contribution in [-0.4, -0.2) is 31.3 Å². The molecular weight excluding hydrogens is 496 g/mol. The summed E-state index contributed by atoms with van der Waals surface area (Å²) >= 11 is 0. The number of unbranched alkanes of at least 4 members (excludes halogenated alkanes) is 13. The Morgan fingerprint density at radius 1 is 0.538 bits per heavy atom. The standard InChI is InChI=1S/C34H58N2O2Si/c1-5-7-9-11-12-13-14-17-25-37-32-23-21-31(22-24-32)34-35-29-33(30-36-34)38-26-18-15-16-20-28-39(3,4)27-19-10-8-6-2/h21-24,29-30H,5-20,25-28H2,1-4H3. The number of ether oxygens (including phenoxy) is 2. The van der Waals surface area contributed by atoms with E-state index in [-0.39, 0.29) is 0 Å². The van der Waals surface area contributed by atoms with E-state index >= 15 is 0 Å². The Morgan fingerprint density at radius 3 is 1.51 bits per heavy atom. The van der Waals surface area contributed by atoms with Crippen LogP contribution in [0.2, 0.25) is 25.2 Å². The molecular formula is C34H58N2O2Si. The first-order chi connectivity index (χ1) is 19.0. The van der Waals surface area contributed by atoms with Crippen LogP contribution >= 0.6 is 0 Å². The van der Waals surface area contributed by atoms with Crippen LogP contribution in [-0.2, 0) is 0 Å². The Hall–Kier alpha value is -1.88. The molecule has 0 saturated carbocycles. The second kappa shape index (κ2) is 20.9. The van der Waals surface area contributed by atoms with Crippen molar-refractivity contribution in [3.8, 4) is 22.9 Å². The number of benzene rings is 1. The van der Waals surface area contributed by atoms with Gasteiger partial charge in [-0.1, -0.05) is 129 Å². The van der Waals surface area contributed by atoms with E-state index in [1.165, 1.54) is 102 Å². The zero-order chi connectivity index (χ0) is 28.0. The van der Waals surface area contributed by atoms with Crippen molar-refractivity contribution in [2.45, 2.75) is 142 Å². The first-order valence-electron chi connectivity index (χ1n) is 16.2. The van der Waals surface area contributed by atoms with Gasteiger partial charge in [0, 0.05) is 13.6 Å². The molecule has 0 aliphatic rings. The van der Waals surface area contributed by atoms with Crippen LogP contribution < -0.4 is 9.47 Å². The zero-order valence-corrected chi connectivity index (χ0v) is 26.8. The molecule has 0 saturated heterocycles. The Bertz CT molecular complexity index is 839. The number of aromatic nitrogens is 2. The SMILES string of the molecule is CCCCCCCCCCOc1ccc(-c2ncc(OCCCCCC[Si](C)(C)CCCCCC)cn2)cc1. The Labute approximate surface area is 241 Å². The monoisotopic (exact) mass is 554 g/mol. The molecule has 1 aromatic heterocycles. The lowest BCUT2D eigenvalue weighted by molar-refractivity contribution is 0.302. The summed E-state index contributed by atoms with van der Waals surface area (Å²) in [4.78, 5) is 9.04. The fourth-order valence-corrected chi connectivity index (χ4v) is 7.73. The van der Waals surface area contributed by atoms with E-state index < -0.39 is 8.07 Å². The van der Waals surface area contributed by atoms with Gasteiger partial charge in [0.2, 0.25) is 0 Å². The quantitative estimate of drug-likeness (QED) is 0.0956. The van der Waals surface area contributed by atoms with E-state index in [9.17, 15) is 0 Å². The minimum Gasteiger partial charge on any atom is -0.494 e. The minimum absolute atomic E-state index is 0.721. The van der Waals surface area contributed by atoms with Crippen molar-refractivity contribution in [2.24, 2.45) is 0 Å². The van der Waals surface area contributed by atoms with Gasteiger partial charge in [0.05, 0.1) is 25.6 Å². The summed E-state index contributed by atoms with van der Waals surface area (Å²) in [5.74, 6) is 2.39. The van der Waals surface area contributed by atoms with Gasteiger partial charge in [-0.2, -0.15) is 0 Å². The predicted octanol–water partition coefficient (Wildman–Crippen LogP) is 10.9. The first kappa shape index (κ1) is 33.3. The summed E-state index contributed by atoms with van der Waals surface area (Å²) in [5, 5.41) is 0. The van der Waals surface area contributed by atoms with Crippen molar-refractivity contribution in [3.63, 3.8) is 0 Å². The highest BCUT2D eigenvalue weighted by atomic mass is 28.3. The predicted molar refractivity (Wildman–Crippen MR) is 171 cm³/mol. The van der Waals surface area contributed by atoms with Crippen LogP contribution in [0.3, 0.4) is 0 Å². The van der Waals surface area contributed by atoms with Gasteiger partial charge in [0.1, 0.15) is 5.75 Å². The van der Waals surface area contributed by atoms with Crippen molar-refractivity contribution in [2.75, 3.05) is 13.2 Å². The molecule has 0 unspecified atom stereocenters. The first-order valence-corrected chi connectivity index (χ1v) is 19.6. The van der Waals surface area contributed by atoms with Crippen LogP contribution in [0.15, 0.2) is 36.7 Å². The number of hydrogen-bond donors (Lipinski definition) is 0. The van der Waals surface area contributed by atoms with E-state index in [1.54, 1.807) is 12.4 Å². The lowest BCUT2D eigenvalue weighted by Crippen LogP contribution is -2.24. The van der Waals surface area contributed by atoms with E-state index in [0.717, 1.165) is 48.9 Å². The second-order valence-electron chi connectivity index (χ2n) is 12.1. The van der Waals surface area contributed by atoms with Gasteiger partial charge >= 0.3 is 0 Å². The van der Waals surface area contributed by atoms with Crippen LogP contribution in [0.5, 0.6) is 11.5 Å². The lowest BCUT2D eigenvalue weighted by Gasteiger charge is -2.22. The summed E-state index contributed by atoms with van der Waals surface area (Å²) in [6.45, 7) is 11.2. The van der Waals surface area contributed by atoms with Gasteiger partial charge in [0.15, 0.2) is 11.6 Å². The Morgan fingerprint density at radius 2 is 0.974 bits per heavy atom. The average molecular weight is 555 g/mol. The maximum atomic E-state index is 5.92. The molecule has 1 aromatic carbocycles. The molecule has 0 atom stereocenters. The summed E-state index contributed by atoms with van der Waals surface area (Å²) in [6.07, 6.45) is 24.8. The van der Waals surface area contributed by atoms with Crippen molar-refractivity contribution in [1.82, 2.24) is 9.97 Å². The number of nitrogens with zero attached hydrogens (tertiary/aromatic N) is 2. The molecule has 1 heterocycles. The second-order valence-corrected chi connectivity index (χ2v) is 17.4. The zero-order valence-electron chi connectivity index (χ0n) is 25.8. The molecule has 39 heavy (non-hydrogen) atoms. The van der Waals surface area contributed by atoms with E-state index in [0.29, 0.717) is 0 Å². The van der Waals surface area contributed by atoms with E-state index in [2.05, 4.69) is 36.9 Å². The van der Waals surface area contributed by atoms with Crippen LogP contribution in [0.25, 0.3) is 11.4 Å². The highest BCUT2D eigenvalue weighted by Crippen LogP contribution is 2.23. The van der Waals surface area contributed by atoms with E-state index in [1.807, 2.05) is 24.3 Å². The van der Waals surface area contributed by atoms with Gasteiger partial charge in [-0.05, 0) is 37.1 Å². The maximum absolute atomic E-state index is 5.92. The fourth-order valence-electron chi connectivity index (χ4n) is 5.07. The van der Waals surface area contributed by atoms with Crippen molar-refractivity contribution < 1.29 is 9.47 Å². The Balaban J connectivity index is 1.55. The molecule has 0 N–H and O–H groups in total. The fraction of sp³-hybridized carbons (Fsp3) is 0.706. The van der Waals surface area contributed by atoms with Crippen molar-refractivity contribution in [3.05, 3.63) is 36.7 Å².